The third-order valence-corrected chi connectivity index (χ3v) is 3.15. The lowest BCUT2D eigenvalue weighted by Crippen LogP contribution is -1.86. The molecule has 2 aromatic carbocycles. The van der Waals surface area contributed by atoms with Gasteiger partial charge in [-0.1, -0.05) is 66.9 Å². The van der Waals surface area contributed by atoms with Gasteiger partial charge in [0.15, 0.2) is 0 Å². The Labute approximate surface area is 126 Å². The van der Waals surface area contributed by atoms with Crippen molar-refractivity contribution in [2.24, 2.45) is 0 Å². The average Bonchev–Trinajstić information content (AvgIpc) is 2.27. The maximum absolute atomic E-state index is 5.67. The minimum atomic E-state index is 0.653. The summed E-state index contributed by atoms with van der Waals surface area (Å²) in [4.78, 5) is 0. The van der Waals surface area contributed by atoms with Crippen LogP contribution in [0.15, 0.2) is 42.5 Å². The third-order valence-electron chi connectivity index (χ3n) is 2.72. The summed E-state index contributed by atoms with van der Waals surface area (Å²) < 4.78 is 0. The lowest BCUT2D eigenvalue weighted by Gasteiger charge is -2.04. The molecule has 0 unspecified atom stereocenters. The number of hydrogen-bond donors (Lipinski definition) is 0. The first-order valence-electron chi connectivity index (χ1n) is 6.37. The van der Waals surface area contributed by atoms with E-state index >= 15 is 0 Å². The maximum atomic E-state index is 5.67. The molecule has 0 N–H and O–H groups in total. The van der Waals surface area contributed by atoms with E-state index in [2.05, 4.69) is 45.0 Å². The van der Waals surface area contributed by atoms with Crippen molar-refractivity contribution in [1.82, 2.24) is 0 Å². The van der Waals surface area contributed by atoms with E-state index in [0.29, 0.717) is 16.0 Å². The number of halogens is 2. The van der Waals surface area contributed by atoms with Crippen molar-refractivity contribution in [3.8, 4) is 0 Å². The second kappa shape index (κ2) is 7.57. The fraction of sp³-hybridized carbons (Fsp3) is 0.294. The highest BCUT2D eigenvalue weighted by Crippen LogP contribution is 2.17. The number of hydrogen-bond acceptors (Lipinski definition) is 0. The highest BCUT2D eigenvalue weighted by atomic mass is 35.5. The molecule has 2 aromatic rings. The predicted octanol–water partition coefficient (Wildman–Crippen LogP) is 6.42. The van der Waals surface area contributed by atoms with Crippen LogP contribution in [0.25, 0.3) is 0 Å². The highest BCUT2D eigenvalue weighted by Gasteiger charge is 1.96. The quantitative estimate of drug-likeness (QED) is 0.569. The molecule has 0 aliphatic heterocycles. The van der Waals surface area contributed by atoms with Gasteiger partial charge < -0.3 is 0 Å². The van der Waals surface area contributed by atoms with Crippen molar-refractivity contribution in [1.29, 1.82) is 0 Å². The van der Waals surface area contributed by atoms with Gasteiger partial charge >= 0.3 is 0 Å². The Morgan fingerprint density at radius 1 is 0.789 bits per heavy atom. The summed E-state index contributed by atoms with van der Waals surface area (Å²) in [5.74, 6) is 0.653. The van der Waals surface area contributed by atoms with E-state index in [1.165, 1.54) is 11.1 Å². The molecule has 2 rings (SSSR count). The van der Waals surface area contributed by atoms with Crippen LogP contribution < -0.4 is 0 Å². The van der Waals surface area contributed by atoms with E-state index in [9.17, 15) is 0 Å². The van der Waals surface area contributed by atoms with Crippen molar-refractivity contribution < 1.29 is 0 Å². The van der Waals surface area contributed by atoms with Crippen molar-refractivity contribution in [3.05, 3.63) is 69.2 Å². The van der Waals surface area contributed by atoms with Crippen molar-refractivity contribution in [2.75, 3.05) is 0 Å². The Kier molecular flexibility index (Phi) is 6.41. The summed E-state index contributed by atoms with van der Waals surface area (Å²) in [6.45, 7) is 8.52. The molecular formula is C17H20Cl2. The van der Waals surface area contributed by atoms with Crippen LogP contribution >= 0.6 is 23.2 Å². The minimum Gasteiger partial charge on any atom is -0.0843 e. The molecule has 0 saturated carbocycles. The number of aryl methyl sites for hydroxylation is 2. The standard InChI is InChI=1S/C10H14.C7H6Cl2/c1-8(2)10-6-4-5-9(3)7-10;1-5-2-6(8)4-7(9)3-5/h4-8H,1-3H3;2-4H,1H3. The van der Waals surface area contributed by atoms with E-state index < -0.39 is 0 Å². The first kappa shape index (κ1) is 16.1. The van der Waals surface area contributed by atoms with Gasteiger partial charge in [-0.15, -0.1) is 0 Å². The van der Waals surface area contributed by atoms with Crippen molar-refractivity contribution in [3.63, 3.8) is 0 Å². The topological polar surface area (TPSA) is 0 Å². The van der Waals surface area contributed by atoms with E-state index in [1.54, 1.807) is 6.07 Å². The molecule has 0 radical (unpaired) electrons. The smallest absolute Gasteiger partial charge is 0.0423 e. The third kappa shape index (κ3) is 6.13. The first-order valence-corrected chi connectivity index (χ1v) is 7.13. The number of benzene rings is 2. The monoisotopic (exact) mass is 294 g/mol. The highest BCUT2D eigenvalue weighted by molar-refractivity contribution is 6.34. The SMILES string of the molecule is Cc1cc(Cl)cc(Cl)c1.Cc1cccc(C(C)C)c1. The van der Waals surface area contributed by atoms with E-state index in [1.807, 2.05) is 19.1 Å². The van der Waals surface area contributed by atoms with E-state index in [-0.39, 0.29) is 0 Å². The van der Waals surface area contributed by atoms with Crippen molar-refractivity contribution >= 4 is 23.2 Å². The summed E-state index contributed by atoms with van der Waals surface area (Å²) >= 11 is 11.3. The summed E-state index contributed by atoms with van der Waals surface area (Å²) in [6.07, 6.45) is 0. The molecule has 0 aliphatic rings. The number of rotatable bonds is 1. The van der Waals surface area contributed by atoms with E-state index in [4.69, 9.17) is 23.2 Å². The second-order valence-corrected chi connectivity index (χ2v) is 5.89. The predicted molar refractivity (Wildman–Crippen MR) is 86.5 cm³/mol. The van der Waals surface area contributed by atoms with Gasteiger partial charge in [-0.05, 0) is 49.1 Å². The van der Waals surface area contributed by atoms with Crippen LogP contribution in [-0.4, -0.2) is 0 Å². The first-order chi connectivity index (χ1) is 8.88. The van der Waals surface area contributed by atoms with Gasteiger partial charge in [0, 0.05) is 10.0 Å². The zero-order chi connectivity index (χ0) is 14.4. The largest absolute Gasteiger partial charge is 0.0843 e. The van der Waals surface area contributed by atoms with Gasteiger partial charge in [0.2, 0.25) is 0 Å². The van der Waals surface area contributed by atoms with E-state index in [0.717, 1.165) is 5.56 Å². The van der Waals surface area contributed by atoms with Crippen LogP contribution in [0.2, 0.25) is 10.0 Å². The minimum absolute atomic E-state index is 0.653. The van der Waals surface area contributed by atoms with Gasteiger partial charge in [-0.25, -0.2) is 0 Å². The molecule has 0 spiro atoms. The molecule has 0 bridgehead atoms. The molecule has 0 nitrogen and oxygen atoms in total. The molecule has 0 aliphatic carbocycles. The fourth-order valence-electron chi connectivity index (χ4n) is 1.72. The van der Waals surface area contributed by atoms with Gasteiger partial charge in [-0.2, -0.15) is 0 Å². The van der Waals surface area contributed by atoms with Crippen LogP contribution in [0.5, 0.6) is 0 Å². The Morgan fingerprint density at radius 2 is 1.37 bits per heavy atom. The molecule has 0 heterocycles. The van der Waals surface area contributed by atoms with Crippen molar-refractivity contribution in [2.45, 2.75) is 33.6 Å². The lowest BCUT2D eigenvalue weighted by molar-refractivity contribution is 0.865. The summed E-state index contributed by atoms with van der Waals surface area (Å²) in [5.41, 5.74) is 3.87. The van der Waals surface area contributed by atoms with Crippen LogP contribution in [0.4, 0.5) is 0 Å². The lowest BCUT2D eigenvalue weighted by atomic mass is 10.0. The molecule has 102 valence electrons. The summed E-state index contributed by atoms with van der Waals surface area (Å²) in [7, 11) is 0. The zero-order valence-corrected chi connectivity index (χ0v) is 13.4. The summed E-state index contributed by atoms with van der Waals surface area (Å²) in [6, 6.07) is 14.1. The normalized spacial score (nSPS) is 10.1. The Bertz CT molecular complexity index is 480. The molecule has 0 atom stereocenters. The molecule has 2 heteroatoms. The van der Waals surface area contributed by atoms with Gasteiger partial charge in [0.25, 0.3) is 0 Å². The van der Waals surface area contributed by atoms with Gasteiger partial charge in [0.1, 0.15) is 0 Å². The molecular weight excluding hydrogens is 275 g/mol. The fourth-order valence-corrected chi connectivity index (χ4v) is 2.36. The molecule has 19 heavy (non-hydrogen) atoms. The molecule has 0 aromatic heterocycles. The second-order valence-electron chi connectivity index (χ2n) is 5.02. The molecule has 0 fully saturated rings. The molecule has 0 amide bonds. The molecule has 0 saturated heterocycles. The van der Waals surface area contributed by atoms with Crippen LogP contribution in [0.3, 0.4) is 0 Å². The van der Waals surface area contributed by atoms with Gasteiger partial charge in [-0.3, -0.25) is 0 Å². The Balaban J connectivity index is 0.000000191. The average molecular weight is 295 g/mol. The van der Waals surface area contributed by atoms with Gasteiger partial charge in [0.05, 0.1) is 0 Å². The van der Waals surface area contributed by atoms with Crippen LogP contribution in [0, 0.1) is 13.8 Å². The van der Waals surface area contributed by atoms with Crippen LogP contribution in [-0.2, 0) is 0 Å². The Morgan fingerprint density at radius 3 is 1.74 bits per heavy atom. The summed E-state index contributed by atoms with van der Waals surface area (Å²) in [5, 5.41) is 1.39. The Hall–Kier alpha value is -0.980. The maximum Gasteiger partial charge on any atom is 0.0423 e. The zero-order valence-electron chi connectivity index (χ0n) is 11.9. The van der Waals surface area contributed by atoms with Crippen LogP contribution in [0.1, 0.15) is 36.5 Å².